The number of carbonyl (C=O) groups excluding carboxylic acids is 1. The van der Waals surface area contributed by atoms with E-state index in [-0.39, 0.29) is 12.8 Å². The quantitative estimate of drug-likeness (QED) is 0.0342. The summed E-state index contributed by atoms with van der Waals surface area (Å²) in [5, 5.41) is 9.29. The first-order valence-electron chi connectivity index (χ1n) is 16.0. The minimum Gasteiger partial charge on any atom is -0.496 e. The monoisotopic (exact) mass is 678 g/mol. The van der Waals surface area contributed by atoms with Crippen LogP contribution in [0.2, 0.25) is 0 Å². The summed E-state index contributed by atoms with van der Waals surface area (Å²) in [6.45, 7) is 9.17. The first-order valence-corrected chi connectivity index (χ1v) is 16.0. The van der Waals surface area contributed by atoms with Crippen molar-refractivity contribution in [1.29, 1.82) is 5.41 Å². The molecule has 0 saturated heterocycles. The Kier molecular flexibility index (Phi) is 10.4. The number of fused-ring (bicyclic) bond motifs is 2. The Hall–Kier alpha value is -5.26. The molecule has 0 saturated carbocycles. The summed E-state index contributed by atoms with van der Waals surface area (Å²) >= 11 is 0. The molecule has 1 aliphatic carbocycles. The molecule has 2 aliphatic rings. The number of nitrogens with two attached hydrogens (primary N) is 1. The largest absolute Gasteiger partial charge is 0.496 e. The van der Waals surface area contributed by atoms with Crippen molar-refractivity contribution in [2.45, 2.75) is 40.5 Å². The lowest BCUT2D eigenvalue weighted by molar-refractivity contribution is -0.134. The molecule has 5 rings (SSSR count). The molecule has 0 unspecified atom stereocenters. The van der Waals surface area contributed by atoms with Crippen molar-refractivity contribution in [3.05, 3.63) is 82.7 Å². The third kappa shape index (κ3) is 6.72. The summed E-state index contributed by atoms with van der Waals surface area (Å²) in [4.78, 5) is 16.8. The average molecular weight is 679 g/mol. The van der Waals surface area contributed by atoms with Gasteiger partial charge in [0, 0.05) is 84.1 Å². The van der Waals surface area contributed by atoms with E-state index in [1.807, 2.05) is 43.9 Å². The highest BCUT2D eigenvalue weighted by Gasteiger charge is 2.27. The van der Waals surface area contributed by atoms with Crippen molar-refractivity contribution in [3.8, 4) is 33.9 Å². The lowest BCUT2D eigenvalue weighted by Crippen LogP contribution is -2.29. The van der Waals surface area contributed by atoms with Crippen molar-refractivity contribution in [2.75, 3.05) is 48.8 Å². The molecule has 49 heavy (non-hydrogen) atoms. The zero-order valence-electron chi connectivity index (χ0n) is 28.0. The molecular formula is C37H38F4N4O4. The van der Waals surface area contributed by atoms with Crippen LogP contribution in [0.3, 0.4) is 0 Å². The van der Waals surface area contributed by atoms with Gasteiger partial charge in [-0.3, -0.25) is 4.79 Å². The lowest BCUT2D eigenvalue weighted by atomic mass is 9.92. The van der Waals surface area contributed by atoms with Crippen LogP contribution in [-0.4, -0.2) is 39.3 Å². The first kappa shape index (κ1) is 35.1. The first-order chi connectivity index (χ1) is 23.4. The maximum Gasteiger partial charge on any atom is 0.311 e. The zero-order chi connectivity index (χ0) is 35.6. The fourth-order valence-electron chi connectivity index (χ4n) is 6.03. The molecule has 3 N–H and O–H groups in total. The van der Waals surface area contributed by atoms with Crippen molar-refractivity contribution in [3.63, 3.8) is 0 Å². The van der Waals surface area contributed by atoms with E-state index in [4.69, 9.17) is 25.0 Å². The van der Waals surface area contributed by atoms with Crippen LogP contribution in [0.25, 0.3) is 33.4 Å². The molecule has 1 aliphatic heterocycles. The number of ether oxygens (including phenoxy) is 2. The topological polar surface area (TPSA) is 105 Å². The summed E-state index contributed by atoms with van der Waals surface area (Å²) in [7, 11) is 1.58. The zero-order valence-corrected chi connectivity index (χ0v) is 28.0. The van der Waals surface area contributed by atoms with Gasteiger partial charge in [-0.05, 0) is 64.4 Å². The number of nitrogen functional groups attached to an aromatic ring is 1. The molecule has 0 atom stereocenters. The minimum absolute atomic E-state index is 0.209. The Morgan fingerprint density at radius 1 is 0.857 bits per heavy atom. The molecule has 0 bridgehead atoms. The van der Waals surface area contributed by atoms with E-state index in [1.54, 1.807) is 31.4 Å². The molecule has 0 aromatic heterocycles. The van der Waals surface area contributed by atoms with Gasteiger partial charge in [0.1, 0.15) is 17.1 Å². The SMILES string of the molecule is CCN(CC)c1cc(-c2c3ccc(=N)cc-3oc3cc(N)ccc23)c(OC)cc1N(CC)CCCC(=O)Oc1c(F)c(F)c(C)c(F)c1F. The molecular weight excluding hydrogens is 640 g/mol. The van der Waals surface area contributed by atoms with E-state index in [0.29, 0.717) is 54.3 Å². The molecule has 8 nitrogen and oxygen atoms in total. The fraction of sp³-hybridized carbons (Fsp3) is 0.297. The third-order valence-corrected chi connectivity index (χ3v) is 8.61. The second-order valence-electron chi connectivity index (χ2n) is 11.5. The number of anilines is 3. The van der Waals surface area contributed by atoms with Crippen LogP contribution >= 0.6 is 0 Å². The molecule has 3 aromatic carbocycles. The number of carbonyl (C=O) groups is 1. The molecule has 0 spiro atoms. The highest BCUT2D eigenvalue weighted by molar-refractivity contribution is 6.05. The third-order valence-electron chi connectivity index (χ3n) is 8.61. The second-order valence-corrected chi connectivity index (χ2v) is 11.5. The van der Waals surface area contributed by atoms with Crippen molar-refractivity contribution in [2.24, 2.45) is 0 Å². The van der Waals surface area contributed by atoms with E-state index in [9.17, 15) is 22.4 Å². The summed E-state index contributed by atoms with van der Waals surface area (Å²) < 4.78 is 73.6. The van der Waals surface area contributed by atoms with Gasteiger partial charge in [-0.2, -0.15) is 8.78 Å². The highest BCUT2D eigenvalue weighted by atomic mass is 19.2. The van der Waals surface area contributed by atoms with Gasteiger partial charge in [-0.1, -0.05) is 0 Å². The fourth-order valence-corrected chi connectivity index (χ4v) is 6.03. The molecule has 0 amide bonds. The normalized spacial score (nSPS) is 11.3. The van der Waals surface area contributed by atoms with E-state index in [2.05, 4.69) is 11.0 Å². The molecule has 3 aromatic rings. The Labute approximate surface area is 281 Å². The maximum absolute atomic E-state index is 14.3. The minimum atomic E-state index is -1.76. The molecule has 1 heterocycles. The summed E-state index contributed by atoms with van der Waals surface area (Å²) in [5.41, 5.74) is 10.5. The number of benzene rings is 4. The summed E-state index contributed by atoms with van der Waals surface area (Å²) in [6, 6.07) is 14.7. The average Bonchev–Trinajstić information content (AvgIpc) is 3.09. The smallest absolute Gasteiger partial charge is 0.311 e. The Morgan fingerprint density at radius 2 is 1.51 bits per heavy atom. The Bertz CT molecular complexity index is 2030. The van der Waals surface area contributed by atoms with Crippen molar-refractivity contribution in [1.82, 2.24) is 0 Å². The van der Waals surface area contributed by atoms with Crippen molar-refractivity contribution < 1.29 is 36.2 Å². The molecule has 258 valence electrons. The number of rotatable bonds is 12. The van der Waals surface area contributed by atoms with Crippen LogP contribution in [0.1, 0.15) is 39.2 Å². The van der Waals surface area contributed by atoms with Gasteiger partial charge in [-0.15, -0.1) is 0 Å². The van der Waals surface area contributed by atoms with Gasteiger partial charge in [0.2, 0.25) is 17.4 Å². The summed E-state index contributed by atoms with van der Waals surface area (Å²) in [6.07, 6.45) is -0.0598. The number of nitrogens with one attached hydrogen (secondary N) is 1. The number of hydrogen-bond donors (Lipinski definition) is 2. The number of nitrogens with zero attached hydrogens (tertiary/aromatic N) is 2. The van der Waals surface area contributed by atoms with Crippen molar-refractivity contribution >= 4 is 34.0 Å². The van der Waals surface area contributed by atoms with Crippen LogP contribution in [0, 0.1) is 35.6 Å². The van der Waals surface area contributed by atoms with Gasteiger partial charge in [0.05, 0.1) is 23.8 Å². The van der Waals surface area contributed by atoms with Gasteiger partial charge in [0.25, 0.3) is 0 Å². The molecule has 0 radical (unpaired) electrons. The predicted molar refractivity (Wildman–Crippen MR) is 182 cm³/mol. The van der Waals surface area contributed by atoms with E-state index < -0.39 is 40.6 Å². The van der Waals surface area contributed by atoms with Crippen LogP contribution in [0.5, 0.6) is 11.5 Å². The molecule has 12 heteroatoms. The van der Waals surface area contributed by atoms with Gasteiger partial charge < -0.3 is 34.8 Å². The highest BCUT2D eigenvalue weighted by Crippen LogP contribution is 2.47. The van der Waals surface area contributed by atoms with E-state index in [0.717, 1.165) is 40.4 Å². The number of halogens is 4. The Balaban J connectivity index is 1.53. The maximum atomic E-state index is 14.3. The van der Waals surface area contributed by atoms with Crippen LogP contribution in [0.4, 0.5) is 34.6 Å². The number of hydrogen-bond acceptors (Lipinski definition) is 8. The molecule has 0 fully saturated rings. The second kappa shape index (κ2) is 14.5. The van der Waals surface area contributed by atoms with Gasteiger partial charge >= 0.3 is 5.97 Å². The standard InChI is InChI=1S/C37H38F4N4O4/c1-6-44(7-2)26-18-25(32-23-13-11-21(42)16-29(23)48-30-17-22(43)12-14-24(30)32)28(47-5)19-27(26)45(8-3)15-9-10-31(46)49-37-35(40)33(38)20(4)34(39)36(37)41/h11-14,16-19,42H,6-10,15,43H2,1-5H3. The van der Waals surface area contributed by atoms with Gasteiger partial charge in [0.15, 0.2) is 11.6 Å². The van der Waals surface area contributed by atoms with E-state index in [1.165, 1.54) is 0 Å². The summed E-state index contributed by atoms with van der Waals surface area (Å²) in [5.74, 6) is -8.07. The number of methoxy groups -OCH3 is 1. The predicted octanol–water partition coefficient (Wildman–Crippen LogP) is 8.20. The van der Waals surface area contributed by atoms with Crippen LogP contribution in [0.15, 0.2) is 52.9 Å². The van der Waals surface area contributed by atoms with Gasteiger partial charge in [-0.25, -0.2) is 8.78 Å². The number of esters is 1. The van der Waals surface area contributed by atoms with Crippen LogP contribution < -0.4 is 30.4 Å². The van der Waals surface area contributed by atoms with E-state index >= 15 is 0 Å². The lowest BCUT2D eigenvalue weighted by Gasteiger charge is -2.32. The van der Waals surface area contributed by atoms with Crippen LogP contribution in [-0.2, 0) is 4.79 Å². The Morgan fingerprint density at radius 3 is 2.14 bits per heavy atom.